The highest BCUT2D eigenvalue weighted by molar-refractivity contribution is 5.93. The van der Waals surface area contributed by atoms with Gasteiger partial charge in [-0.2, -0.15) is 0 Å². The van der Waals surface area contributed by atoms with Crippen LogP contribution >= 0.6 is 0 Å². The summed E-state index contributed by atoms with van der Waals surface area (Å²) in [6.07, 6.45) is 0.805. The van der Waals surface area contributed by atoms with Gasteiger partial charge in [0.25, 0.3) is 5.91 Å². The van der Waals surface area contributed by atoms with Gasteiger partial charge >= 0.3 is 0 Å². The van der Waals surface area contributed by atoms with Crippen molar-refractivity contribution in [3.05, 3.63) is 52.6 Å². The molecule has 0 aliphatic carbocycles. The summed E-state index contributed by atoms with van der Waals surface area (Å²) in [6, 6.07) is 9.67. The summed E-state index contributed by atoms with van der Waals surface area (Å²) in [5.74, 6) is 0.536. The third kappa shape index (κ3) is 4.49. The lowest BCUT2D eigenvalue weighted by Gasteiger charge is -2.15. The zero-order chi connectivity index (χ0) is 17.0. The van der Waals surface area contributed by atoms with E-state index < -0.39 is 0 Å². The van der Waals surface area contributed by atoms with Crippen molar-refractivity contribution in [1.29, 1.82) is 0 Å². The highest BCUT2D eigenvalue weighted by Gasteiger charge is 2.11. The molecule has 0 spiro atoms. The van der Waals surface area contributed by atoms with Gasteiger partial charge in [0.15, 0.2) is 6.61 Å². The number of anilines is 2. The molecule has 2 aromatic rings. The van der Waals surface area contributed by atoms with Gasteiger partial charge in [-0.25, -0.2) is 0 Å². The molecule has 23 heavy (non-hydrogen) atoms. The summed E-state index contributed by atoms with van der Waals surface area (Å²) in [5, 5.41) is 2.94. The number of amides is 1. The second-order valence-corrected chi connectivity index (χ2v) is 5.89. The van der Waals surface area contributed by atoms with Crippen LogP contribution in [0.2, 0.25) is 0 Å². The van der Waals surface area contributed by atoms with Crippen LogP contribution < -0.4 is 15.8 Å². The summed E-state index contributed by atoms with van der Waals surface area (Å²) in [4.78, 5) is 12.2. The standard InChI is InChI=1S/C19H24N2O2/c1-5-15-10-16(20)9-14(4)19(15)21-18(22)11-23-17-7-12(2)6-13(3)8-17/h6-10H,5,11,20H2,1-4H3,(H,21,22). The van der Waals surface area contributed by atoms with Crippen molar-refractivity contribution in [2.24, 2.45) is 0 Å². The fraction of sp³-hybridized carbons (Fsp3) is 0.316. The molecule has 2 aromatic carbocycles. The minimum Gasteiger partial charge on any atom is -0.484 e. The smallest absolute Gasteiger partial charge is 0.262 e. The Labute approximate surface area is 137 Å². The summed E-state index contributed by atoms with van der Waals surface area (Å²) < 4.78 is 5.60. The Kier molecular flexibility index (Phi) is 5.27. The molecule has 0 unspecified atom stereocenters. The minimum absolute atomic E-state index is 0.0180. The van der Waals surface area contributed by atoms with E-state index in [4.69, 9.17) is 10.5 Å². The number of aryl methyl sites for hydroxylation is 4. The van der Waals surface area contributed by atoms with E-state index in [-0.39, 0.29) is 12.5 Å². The number of ether oxygens (including phenoxy) is 1. The van der Waals surface area contributed by atoms with Crippen LogP contribution in [-0.4, -0.2) is 12.5 Å². The summed E-state index contributed by atoms with van der Waals surface area (Å²) in [5.41, 5.74) is 11.6. The average molecular weight is 312 g/mol. The van der Waals surface area contributed by atoms with Gasteiger partial charge in [0, 0.05) is 11.4 Å². The van der Waals surface area contributed by atoms with Crippen LogP contribution in [0.15, 0.2) is 30.3 Å². The van der Waals surface area contributed by atoms with Crippen molar-refractivity contribution in [1.82, 2.24) is 0 Å². The number of hydrogen-bond donors (Lipinski definition) is 2. The molecule has 0 saturated carbocycles. The van der Waals surface area contributed by atoms with E-state index >= 15 is 0 Å². The van der Waals surface area contributed by atoms with Crippen LogP contribution in [0.25, 0.3) is 0 Å². The van der Waals surface area contributed by atoms with E-state index in [1.807, 2.05) is 52.0 Å². The predicted octanol–water partition coefficient (Wildman–Crippen LogP) is 3.77. The molecule has 0 atom stereocenters. The molecule has 0 fully saturated rings. The van der Waals surface area contributed by atoms with E-state index in [0.29, 0.717) is 11.4 Å². The maximum absolute atomic E-state index is 12.2. The molecule has 4 nitrogen and oxygen atoms in total. The van der Waals surface area contributed by atoms with Gasteiger partial charge < -0.3 is 15.8 Å². The Morgan fingerprint density at radius 3 is 2.35 bits per heavy atom. The molecule has 0 aromatic heterocycles. The van der Waals surface area contributed by atoms with E-state index in [2.05, 4.69) is 11.4 Å². The Morgan fingerprint density at radius 1 is 1.09 bits per heavy atom. The lowest BCUT2D eigenvalue weighted by molar-refractivity contribution is -0.118. The molecule has 122 valence electrons. The van der Waals surface area contributed by atoms with Crippen LogP contribution in [0.4, 0.5) is 11.4 Å². The lowest BCUT2D eigenvalue weighted by Crippen LogP contribution is -2.21. The quantitative estimate of drug-likeness (QED) is 0.826. The Bertz CT molecular complexity index is 703. The zero-order valence-corrected chi connectivity index (χ0v) is 14.2. The number of carbonyl (C=O) groups is 1. The van der Waals surface area contributed by atoms with Crippen molar-refractivity contribution < 1.29 is 9.53 Å². The first-order valence-corrected chi connectivity index (χ1v) is 7.79. The number of benzene rings is 2. The molecule has 0 bridgehead atoms. The molecule has 0 aliphatic heterocycles. The van der Waals surface area contributed by atoms with Gasteiger partial charge in [-0.05, 0) is 73.7 Å². The van der Waals surface area contributed by atoms with E-state index in [9.17, 15) is 4.79 Å². The fourth-order valence-electron chi connectivity index (χ4n) is 2.69. The zero-order valence-electron chi connectivity index (χ0n) is 14.2. The maximum atomic E-state index is 12.2. The number of hydrogen-bond acceptors (Lipinski definition) is 3. The van der Waals surface area contributed by atoms with E-state index in [1.54, 1.807) is 0 Å². The van der Waals surface area contributed by atoms with Gasteiger partial charge in [-0.15, -0.1) is 0 Å². The largest absolute Gasteiger partial charge is 0.484 e. The third-order valence-corrected chi connectivity index (χ3v) is 3.65. The minimum atomic E-state index is -0.174. The number of nitrogens with one attached hydrogen (secondary N) is 1. The van der Waals surface area contributed by atoms with Crippen LogP contribution in [0, 0.1) is 20.8 Å². The first-order valence-electron chi connectivity index (χ1n) is 7.79. The molecule has 3 N–H and O–H groups in total. The van der Waals surface area contributed by atoms with Crippen LogP contribution in [0.3, 0.4) is 0 Å². The SMILES string of the molecule is CCc1cc(N)cc(C)c1NC(=O)COc1cc(C)cc(C)c1. The molecule has 2 rings (SSSR count). The molecule has 1 amide bonds. The first-order chi connectivity index (χ1) is 10.9. The van der Waals surface area contributed by atoms with Crippen molar-refractivity contribution >= 4 is 17.3 Å². The highest BCUT2D eigenvalue weighted by Crippen LogP contribution is 2.25. The van der Waals surface area contributed by atoms with E-state index in [1.165, 1.54) is 0 Å². The molecule has 0 radical (unpaired) electrons. The van der Waals surface area contributed by atoms with Crippen LogP contribution in [0.1, 0.15) is 29.2 Å². The van der Waals surface area contributed by atoms with Crippen molar-refractivity contribution in [2.75, 3.05) is 17.7 Å². The van der Waals surface area contributed by atoms with Gasteiger partial charge in [0.1, 0.15) is 5.75 Å². The molecule has 0 saturated heterocycles. The van der Waals surface area contributed by atoms with Crippen molar-refractivity contribution in [2.45, 2.75) is 34.1 Å². The number of nitrogens with two attached hydrogens (primary N) is 1. The predicted molar refractivity (Wildman–Crippen MR) is 95.0 cm³/mol. The molecule has 0 aliphatic rings. The van der Waals surface area contributed by atoms with Crippen LogP contribution in [-0.2, 0) is 11.2 Å². The Balaban J connectivity index is 2.05. The second kappa shape index (κ2) is 7.18. The fourth-order valence-corrected chi connectivity index (χ4v) is 2.69. The second-order valence-electron chi connectivity index (χ2n) is 5.89. The maximum Gasteiger partial charge on any atom is 0.262 e. The number of carbonyl (C=O) groups excluding carboxylic acids is 1. The van der Waals surface area contributed by atoms with Gasteiger partial charge in [0.2, 0.25) is 0 Å². The normalized spacial score (nSPS) is 10.4. The lowest BCUT2D eigenvalue weighted by atomic mass is 10.0. The number of rotatable bonds is 5. The first kappa shape index (κ1) is 16.9. The topological polar surface area (TPSA) is 64.3 Å². The van der Waals surface area contributed by atoms with Gasteiger partial charge in [-0.1, -0.05) is 13.0 Å². The Hall–Kier alpha value is -2.49. The number of nitrogen functional groups attached to an aromatic ring is 1. The molecular weight excluding hydrogens is 288 g/mol. The van der Waals surface area contributed by atoms with Gasteiger partial charge in [-0.3, -0.25) is 4.79 Å². The van der Waals surface area contributed by atoms with Crippen molar-refractivity contribution in [3.63, 3.8) is 0 Å². The monoisotopic (exact) mass is 312 g/mol. The summed E-state index contributed by atoms with van der Waals surface area (Å²) >= 11 is 0. The summed E-state index contributed by atoms with van der Waals surface area (Å²) in [6.45, 7) is 7.97. The molecular formula is C19H24N2O2. The highest BCUT2D eigenvalue weighted by atomic mass is 16.5. The molecule has 0 heterocycles. The Morgan fingerprint density at radius 2 is 1.74 bits per heavy atom. The molecule has 4 heteroatoms. The summed E-state index contributed by atoms with van der Waals surface area (Å²) in [7, 11) is 0. The van der Waals surface area contributed by atoms with Gasteiger partial charge in [0.05, 0.1) is 0 Å². The van der Waals surface area contributed by atoms with E-state index in [0.717, 1.165) is 34.4 Å². The van der Waals surface area contributed by atoms with Crippen LogP contribution in [0.5, 0.6) is 5.75 Å². The average Bonchev–Trinajstić information content (AvgIpc) is 2.46. The van der Waals surface area contributed by atoms with Crippen molar-refractivity contribution in [3.8, 4) is 5.75 Å². The third-order valence-electron chi connectivity index (χ3n) is 3.65.